The molecule has 2 aromatic rings. The van der Waals surface area contributed by atoms with Gasteiger partial charge in [0.25, 0.3) is 0 Å². The van der Waals surface area contributed by atoms with Gasteiger partial charge in [-0.3, -0.25) is 0 Å². The zero-order valence-corrected chi connectivity index (χ0v) is 12.7. The van der Waals surface area contributed by atoms with Crippen molar-refractivity contribution in [3.8, 4) is 0 Å². The quantitative estimate of drug-likeness (QED) is 0.535. The Kier molecular flexibility index (Phi) is 4.30. The van der Waals surface area contributed by atoms with Crippen LogP contribution in [0, 0.1) is 5.82 Å². The normalized spacial score (nSPS) is 13.9. The summed E-state index contributed by atoms with van der Waals surface area (Å²) < 4.78 is 52.2. The van der Waals surface area contributed by atoms with Crippen molar-refractivity contribution in [2.45, 2.75) is 31.4 Å². The molecular formula is C12H10BrClF4N2. The molecule has 8 heteroatoms. The van der Waals surface area contributed by atoms with Gasteiger partial charge in [0.1, 0.15) is 11.6 Å². The average Bonchev–Trinajstić information content (AvgIpc) is 2.64. The molecule has 1 unspecified atom stereocenters. The molecule has 0 saturated heterocycles. The summed E-state index contributed by atoms with van der Waals surface area (Å²) in [7, 11) is 0. The van der Waals surface area contributed by atoms with E-state index in [0.717, 1.165) is 6.07 Å². The van der Waals surface area contributed by atoms with Crippen LogP contribution in [0.3, 0.4) is 0 Å². The van der Waals surface area contributed by atoms with E-state index >= 15 is 0 Å². The van der Waals surface area contributed by atoms with E-state index in [4.69, 9.17) is 11.6 Å². The fourth-order valence-electron chi connectivity index (χ4n) is 1.92. The highest BCUT2D eigenvalue weighted by Gasteiger charge is 2.28. The third-order valence-electron chi connectivity index (χ3n) is 2.79. The molecule has 2 rings (SSSR count). The molecule has 0 saturated carbocycles. The fourth-order valence-corrected chi connectivity index (χ4v) is 2.41. The molecule has 20 heavy (non-hydrogen) atoms. The first-order valence-electron chi connectivity index (χ1n) is 5.75. The Morgan fingerprint density at radius 3 is 2.60 bits per heavy atom. The first kappa shape index (κ1) is 15.6. The Bertz CT molecular complexity index is 636. The number of aryl methyl sites for hydroxylation is 1. The van der Waals surface area contributed by atoms with Gasteiger partial charge in [-0.2, -0.15) is 13.2 Å². The molecule has 1 aromatic carbocycles. The van der Waals surface area contributed by atoms with Crippen molar-refractivity contribution in [2.75, 3.05) is 0 Å². The first-order chi connectivity index (χ1) is 9.19. The van der Waals surface area contributed by atoms with E-state index in [-0.39, 0.29) is 11.0 Å². The van der Waals surface area contributed by atoms with Crippen LogP contribution in [0.15, 0.2) is 16.6 Å². The van der Waals surface area contributed by atoms with Crippen molar-refractivity contribution in [1.82, 2.24) is 9.55 Å². The minimum Gasteiger partial charge on any atom is -0.326 e. The highest BCUT2D eigenvalue weighted by Crippen LogP contribution is 2.30. The van der Waals surface area contributed by atoms with Crippen LogP contribution in [0.25, 0.3) is 11.0 Å². The summed E-state index contributed by atoms with van der Waals surface area (Å²) in [5.41, 5.74) is 0.709. The molecule has 0 radical (unpaired) electrons. The maximum Gasteiger partial charge on any atom is 0.390 e. The number of fused-ring (bicyclic) bond motifs is 1. The number of hydrogen-bond donors (Lipinski definition) is 0. The van der Waals surface area contributed by atoms with Gasteiger partial charge in [0, 0.05) is 12.6 Å². The van der Waals surface area contributed by atoms with Crippen LogP contribution in [0.4, 0.5) is 17.6 Å². The van der Waals surface area contributed by atoms with Gasteiger partial charge in [-0.25, -0.2) is 9.37 Å². The number of hydrogen-bond acceptors (Lipinski definition) is 1. The van der Waals surface area contributed by atoms with Gasteiger partial charge >= 0.3 is 6.18 Å². The van der Waals surface area contributed by atoms with E-state index in [2.05, 4.69) is 20.9 Å². The lowest BCUT2D eigenvalue weighted by atomic mass is 10.3. The summed E-state index contributed by atoms with van der Waals surface area (Å²) in [5, 5.41) is -0.572. The topological polar surface area (TPSA) is 17.8 Å². The van der Waals surface area contributed by atoms with Crippen LogP contribution in [0.1, 0.15) is 24.5 Å². The largest absolute Gasteiger partial charge is 0.390 e. The Labute approximate surface area is 125 Å². The number of halogens is 6. The highest BCUT2D eigenvalue weighted by molar-refractivity contribution is 9.10. The maximum atomic E-state index is 13.6. The van der Waals surface area contributed by atoms with Crippen molar-refractivity contribution in [3.05, 3.63) is 28.2 Å². The van der Waals surface area contributed by atoms with Crippen molar-refractivity contribution in [1.29, 1.82) is 0 Å². The summed E-state index contributed by atoms with van der Waals surface area (Å²) in [6.07, 6.45) is -5.32. The van der Waals surface area contributed by atoms with Crippen molar-refractivity contribution < 1.29 is 17.6 Å². The lowest BCUT2D eigenvalue weighted by Gasteiger charge is -2.12. The van der Waals surface area contributed by atoms with Crippen molar-refractivity contribution in [2.24, 2.45) is 0 Å². The Balaban J connectivity index is 2.53. The van der Waals surface area contributed by atoms with Gasteiger partial charge in [0.2, 0.25) is 0 Å². The summed E-state index contributed by atoms with van der Waals surface area (Å²) in [4.78, 5) is 4.18. The summed E-state index contributed by atoms with van der Waals surface area (Å²) >= 11 is 8.96. The molecule has 0 aliphatic heterocycles. The minimum atomic E-state index is -4.29. The van der Waals surface area contributed by atoms with Crippen LogP contribution in [0.5, 0.6) is 0 Å². The monoisotopic (exact) mass is 372 g/mol. The van der Waals surface area contributed by atoms with E-state index in [1.165, 1.54) is 10.6 Å². The summed E-state index contributed by atoms with van der Waals surface area (Å²) in [6, 6.07) is 2.59. The van der Waals surface area contributed by atoms with Crippen LogP contribution < -0.4 is 0 Å². The molecule has 0 spiro atoms. The van der Waals surface area contributed by atoms with Crippen LogP contribution in [-0.4, -0.2) is 15.7 Å². The van der Waals surface area contributed by atoms with Gasteiger partial charge in [0.15, 0.2) is 0 Å². The van der Waals surface area contributed by atoms with Crippen LogP contribution >= 0.6 is 27.5 Å². The summed E-state index contributed by atoms with van der Waals surface area (Å²) in [6.45, 7) is 1.27. The third-order valence-corrected chi connectivity index (χ3v) is 3.60. The molecule has 0 aliphatic rings. The third kappa shape index (κ3) is 3.25. The van der Waals surface area contributed by atoms with E-state index in [1.807, 2.05) is 0 Å². The molecule has 0 fully saturated rings. The zero-order valence-electron chi connectivity index (χ0n) is 10.3. The molecule has 110 valence electrons. The zero-order chi connectivity index (χ0) is 15.1. The SMILES string of the molecule is CC(Cl)c1nc2cc(Br)c(F)cc2n1CCC(F)(F)F. The molecule has 2 nitrogen and oxygen atoms in total. The molecule has 1 atom stereocenters. The van der Waals surface area contributed by atoms with E-state index in [0.29, 0.717) is 16.9 Å². The highest BCUT2D eigenvalue weighted by atomic mass is 79.9. The van der Waals surface area contributed by atoms with Crippen molar-refractivity contribution in [3.63, 3.8) is 0 Å². The van der Waals surface area contributed by atoms with E-state index in [9.17, 15) is 17.6 Å². The Hall–Kier alpha value is -0.820. The van der Waals surface area contributed by atoms with E-state index in [1.54, 1.807) is 6.92 Å². The lowest BCUT2D eigenvalue weighted by Crippen LogP contribution is -2.14. The number of alkyl halides is 4. The second-order valence-electron chi connectivity index (χ2n) is 4.36. The minimum absolute atomic E-state index is 0.208. The molecule has 0 amide bonds. The van der Waals surface area contributed by atoms with Crippen LogP contribution in [-0.2, 0) is 6.54 Å². The molecule has 0 N–H and O–H groups in total. The van der Waals surface area contributed by atoms with Gasteiger partial charge in [-0.1, -0.05) is 0 Å². The second kappa shape index (κ2) is 5.52. The first-order valence-corrected chi connectivity index (χ1v) is 6.98. The van der Waals surface area contributed by atoms with E-state index < -0.39 is 23.8 Å². The number of imidazole rings is 1. The van der Waals surface area contributed by atoms with Gasteiger partial charge in [-0.15, -0.1) is 11.6 Å². The molecular weight excluding hydrogens is 363 g/mol. The Morgan fingerprint density at radius 1 is 1.40 bits per heavy atom. The molecule has 0 aliphatic carbocycles. The second-order valence-corrected chi connectivity index (χ2v) is 5.87. The van der Waals surface area contributed by atoms with Crippen molar-refractivity contribution >= 4 is 38.6 Å². The molecule has 0 bridgehead atoms. The molecule has 1 heterocycles. The van der Waals surface area contributed by atoms with Gasteiger partial charge in [-0.05, 0) is 28.9 Å². The van der Waals surface area contributed by atoms with Gasteiger partial charge in [0.05, 0.1) is 27.3 Å². The maximum absolute atomic E-state index is 13.6. The number of aromatic nitrogens is 2. The number of rotatable bonds is 3. The number of benzene rings is 1. The lowest BCUT2D eigenvalue weighted by molar-refractivity contribution is -0.136. The fraction of sp³-hybridized carbons (Fsp3) is 0.417. The predicted octanol–water partition coefficient (Wildman–Crippen LogP) is 5.19. The standard InChI is InChI=1S/C12H10BrClF4N2/c1-6(14)11-19-9-4-7(13)8(15)5-10(9)20(11)3-2-12(16,17)18/h4-6H,2-3H2,1H3. The number of nitrogens with zero attached hydrogens (tertiary/aromatic N) is 2. The smallest absolute Gasteiger partial charge is 0.326 e. The predicted molar refractivity (Wildman–Crippen MR) is 72.3 cm³/mol. The summed E-state index contributed by atoms with van der Waals surface area (Å²) in [5.74, 6) is -0.261. The average molecular weight is 374 g/mol. The van der Waals surface area contributed by atoms with Crippen LogP contribution in [0.2, 0.25) is 0 Å². The molecule has 1 aromatic heterocycles. The van der Waals surface area contributed by atoms with Gasteiger partial charge < -0.3 is 4.57 Å². The Morgan fingerprint density at radius 2 is 2.05 bits per heavy atom.